The van der Waals surface area contributed by atoms with Crippen molar-refractivity contribution in [3.05, 3.63) is 16.1 Å². The Labute approximate surface area is 70.2 Å². The first-order valence-corrected chi connectivity index (χ1v) is 3.76. The van der Waals surface area contributed by atoms with Crippen LogP contribution in [0.15, 0.2) is 12.4 Å². The number of fused-ring (bicyclic) bond motifs is 1. The van der Waals surface area contributed by atoms with Gasteiger partial charge in [0.05, 0.1) is 23.3 Å². The first kappa shape index (κ1) is 6.02. The molecule has 2 aromatic heterocycles. The average Bonchev–Trinajstić information content (AvgIpc) is 2.36. The SMILES string of the molecule is Ic1nncc2[nH]ncc12. The molecule has 2 heterocycles. The Morgan fingerprint density at radius 3 is 3.10 bits per heavy atom. The summed E-state index contributed by atoms with van der Waals surface area (Å²) in [5, 5.41) is 15.3. The van der Waals surface area contributed by atoms with Gasteiger partial charge in [-0.25, -0.2) is 0 Å². The van der Waals surface area contributed by atoms with Crippen molar-refractivity contribution in [3.63, 3.8) is 0 Å². The molecule has 0 saturated heterocycles. The third-order valence-electron chi connectivity index (χ3n) is 1.22. The van der Waals surface area contributed by atoms with E-state index in [9.17, 15) is 0 Å². The van der Waals surface area contributed by atoms with Crippen molar-refractivity contribution >= 4 is 33.5 Å². The normalized spacial score (nSPS) is 10.5. The van der Waals surface area contributed by atoms with Crippen LogP contribution in [-0.4, -0.2) is 20.4 Å². The molecule has 0 spiro atoms. The number of nitrogens with one attached hydrogen (secondary N) is 1. The molecule has 50 valence electrons. The molecule has 5 heteroatoms. The van der Waals surface area contributed by atoms with Gasteiger partial charge in [0, 0.05) is 0 Å². The molecule has 0 saturated carbocycles. The summed E-state index contributed by atoms with van der Waals surface area (Å²) < 4.78 is 0.879. The van der Waals surface area contributed by atoms with E-state index in [2.05, 4.69) is 43.0 Å². The molecular weight excluding hydrogens is 243 g/mol. The number of H-pyrrole nitrogens is 1. The van der Waals surface area contributed by atoms with Crippen LogP contribution in [0.2, 0.25) is 0 Å². The summed E-state index contributed by atoms with van der Waals surface area (Å²) in [5.41, 5.74) is 0.930. The fourth-order valence-corrected chi connectivity index (χ4v) is 1.30. The minimum atomic E-state index is 0.879. The van der Waals surface area contributed by atoms with Crippen LogP contribution in [0.5, 0.6) is 0 Å². The molecule has 0 aromatic carbocycles. The van der Waals surface area contributed by atoms with Crippen LogP contribution in [0.1, 0.15) is 0 Å². The van der Waals surface area contributed by atoms with E-state index >= 15 is 0 Å². The third-order valence-corrected chi connectivity index (χ3v) is 2.02. The summed E-state index contributed by atoms with van der Waals surface area (Å²) in [6, 6.07) is 0. The van der Waals surface area contributed by atoms with Crippen LogP contribution in [0.4, 0.5) is 0 Å². The van der Waals surface area contributed by atoms with E-state index in [4.69, 9.17) is 0 Å². The molecule has 2 aromatic rings. The summed E-state index contributed by atoms with van der Waals surface area (Å²) in [5.74, 6) is 0. The molecule has 10 heavy (non-hydrogen) atoms. The maximum Gasteiger partial charge on any atom is 0.134 e. The highest BCUT2D eigenvalue weighted by atomic mass is 127. The van der Waals surface area contributed by atoms with Crippen LogP contribution < -0.4 is 0 Å². The number of hydrogen-bond acceptors (Lipinski definition) is 3. The Bertz CT molecular complexity index is 355. The minimum Gasteiger partial charge on any atom is -0.276 e. The fourth-order valence-electron chi connectivity index (χ4n) is 0.750. The van der Waals surface area contributed by atoms with Crippen molar-refractivity contribution in [2.75, 3.05) is 0 Å². The fraction of sp³-hybridized carbons (Fsp3) is 0. The van der Waals surface area contributed by atoms with Gasteiger partial charge in [0.15, 0.2) is 0 Å². The van der Waals surface area contributed by atoms with Gasteiger partial charge in [0.2, 0.25) is 0 Å². The van der Waals surface area contributed by atoms with Gasteiger partial charge >= 0.3 is 0 Å². The molecule has 2 rings (SSSR count). The van der Waals surface area contributed by atoms with E-state index < -0.39 is 0 Å². The number of hydrogen-bond donors (Lipinski definition) is 1. The van der Waals surface area contributed by atoms with Gasteiger partial charge < -0.3 is 0 Å². The summed E-state index contributed by atoms with van der Waals surface area (Å²) >= 11 is 2.12. The highest BCUT2D eigenvalue weighted by Crippen LogP contribution is 2.12. The summed E-state index contributed by atoms with van der Waals surface area (Å²) in [7, 11) is 0. The molecule has 0 fully saturated rings. The van der Waals surface area contributed by atoms with Gasteiger partial charge in [0.1, 0.15) is 3.70 Å². The Balaban J connectivity index is 2.95. The molecule has 0 bridgehead atoms. The lowest BCUT2D eigenvalue weighted by Gasteiger charge is -1.86. The molecule has 0 aliphatic carbocycles. The predicted molar refractivity (Wildman–Crippen MR) is 44.4 cm³/mol. The summed E-state index contributed by atoms with van der Waals surface area (Å²) in [6.45, 7) is 0. The van der Waals surface area contributed by atoms with Crippen molar-refractivity contribution in [2.24, 2.45) is 0 Å². The van der Waals surface area contributed by atoms with Gasteiger partial charge in [-0.05, 0) is 22.6 Å². The van der Waals surface area contributed by atoms with Crippen molar-refractivity contribution in [1.29, 1.82) is 0 Å². The Morgan fingerprint density at radius 2 is 2.30 bits per heavy atom. The largest absolute Gasteiger partial charge is 0.276 e. The second kappa shape index (κ2) is 2.15. The Hall–Kier alpha value is -0.720. The standard InChI is InChI=1S/C5H3IN4/c6-5-3-1-7-9-4(3)2-8-10-5/h1-2H,(H,7,9). The smallest absolute Gasteiger partial charge is 0.134 e. The quantitative estimate of drug-likeness (QED) is 0.704. The highest BCUT2D eigenvalue weighted by molar-refractivity contribution is 14.1. The second-order valence-electron chi connectivity index (χ2n) is 1.83. The number of rotatable bonds is 0. The van der Waals surface area contributed by atoms with E-state index in [-0.39, 0.29) is 0 Å². The van der Waals surface area contributed by atoms with Crippen LogP contribution in [-0.2, 0) is 0 Å². The van der Waals surface area contributed by atoms with E-state index in [1.54, 1.807) is 12.4 Å². The van der Waals surface area contributed by atoms with Crippen molar-refractivity contribution in [1.82, 2.24) is 20.4 Å². The topological polar surface area (TPSA) is 54.5 Å². The molecule has 4 nitrogen and oxygen atoms in total. The lowest BCUT2D eigenvalue weighted by Crippen LogP contribution is -1.84. The van der Waals surface area contributed by atoms with Crippen molar-refractivity contribution < 1.29 is 0 Å². The van der Waals surface area contributed by atoms with Gasteiger partial charge in [-0.15, -0.1) is 5.10 Å². The van der Waals surface area contributed by atoms with Crippen molar-refractivity contribution in [3.8, 4) is 0 Å². The molecule has 0 aliphatic heterocycles. The lowest BCUT2D eigenvalue weighted by atomic mass is 10.4. The molecule has 1 N–H and O–H groups in total. The van der Waals surface area contributed by atoms with E-state index in [1.165, 1.54) is 0 Å². The number of nitrogens with zero attached hydrogens (tertiary/aromatic N) is 3. The number of aromatic amines is 1. The van der Waals surface area contributed by atoms with Gasteiger partial charge in [0.25, 0.3) is 0 Å². The lowest BCUT2D eigenvalue weighted by molar-refractivity contribution is 1.02. The molecule has 0 amide bonds. The second-order valence-corrected chi connectivity index (χ2v) is 2.85. The maximum atomic E-state index is 3.86. The number of halogens is 1. The van der Waals surface area contributed by atoms with Crippen LogP contribution in [0.25, 0.3) is 10.9 Å². The summed E-state index contributed by atoms with van der Waals surface area (Å²) in [6.07, 6.45) is 3.40. The highest BCUT2D eigenvalue weighted by Gasteiger charge is 1.99. The Kier molecular flexibility index (Phi) is 1.30. The summed E-state index contributed by atoms with van der Waals surface area (Å²) in [4.78, 5) is 0. The minimum absolute atomic E-state index is 0.879. The van der Waals surface area contributed by atoms with Crippen LogP contribution in [0, 0.1) is 3.70 Å². The first-order valence-electron chi connectivity index (χ1n) is 2.68. The molecule has 0 atom stereocenters. The molecule has 0 aliphatic rings. The zero-order valence-electron chi connectivity index (χ0n) is 4.87. The first-order chi connectivity index (χ1) is 4.88. The van der Waals surface area contributed by atoms with Crippen LogP contribution in [0.3, 0.4) is 0 Å². The predicted octanol–water partition coefficient (Wildman–Crippen LogP) is 0.958. The van der Waals surface area contributed by atoms with Gasteiger partial charge in [-0.3, -0.25) is 5.10 Å². The third kappa shape index (κ3) is 0.772. The average molecular weight is 246 g/mol. The maximum absolute atomic E-state index is 3.86. The molecule has 0 radical (unpaired) electrons. The zero-order valence-corrected chi connectivity index (χ0v) is 7.03. The van der Waals surface area contributed by atoms with E-state index in [0.717, 1.165) is 14.6 Å². The zero-order chi connectivity index (χ0) is 6.97. The van der Waals surface area contributed by atoms with Crippen LogP contribution >= 0.6 is 22.6 Å². The van der Waals surface area contributed by atoms with Crippen molar-refractivity contribution in [2.45, 2.75) is 0 Å². The number of aromatic nitrogens is 4. The molecule has 0 unspecified atom stereocenters. The van der Waals surface area contributed by atoms with E-state index in [0.29, 0.717) is 0 Å². The monoisotopic (exact) mass is 246 g/mol. The van der Waals surface area contributed by atoms with Gasteiger partial charge in [-0.1, -0.05) is 0 Å². The van der Waals surface area contributed by atoms with E-state index in [1.807, 2.05) is 0 Å². The Morgan fingerprint density at radius 1 is 1.40 bits per heavy atom. The molecular formula is C5H3IN4. The van der Waals surface area contributed by atoms with Gasteiger partial charge in [-0.2, -0.15) is 10.2 Å².